The minimum absolute atomic E-state index is 0.175. The van der Waals surface area contributed by atoms with Crippen LogP contribution in [-0.4, -0.2) is 67.0 Å². The molecule has 0 saturated carbocycles. The summed E-state index contributed by atoms with van der Waals surface area (Å²) in [5.41, 5.74) is 2.54. The molecule has 9 heteroatoms. The van der Waals surface area contributed by atoms with Crippen LogP contribution >= 0.6 is 0 Å². The van der Waals surface area contributed by atoms with Gasteiger partial charge in [0.05, 0.1) is 12.7 Å². The SMILES string of the molecule is CC1CN(Cc2cccc(CNC(=O)c3cc(S(=O)(=O)N4CCCC4)cn3C)c2)CCO1. The average Bonchev–Trinajstić information content (AvgIpc) is 3.43. The predicted molar refractivity (Wildman–Crippen MR) is 122 cm³/mol. The van der Waals surface area contributed by atoms with Crippen LogP contribution in [0.5, 0.6) is 0 Å². The average molecular weight is 461 g/mol. The van der Waals surface area contributed by atoms with Crippen molar-refractivity contribution < 1.29 is 17.9 Å². The van der Waals surface area contributed by atoms with Gasteiger partial charge in [0, 0.05) is 52.5 Å². The van der Waals surface area contributed by atoms with E-state index in [0.29, 0.717) is 25.3 Å². The summed E-state index contributed by atoms with van der Waals surface area (Å²) in [6, 6.07) is 9.66. The van der Waals surface area contributed by atoms with E-state index < -0.39 is 10.0 Å². The van der Waals surface area contributed by atoms with Gasteiger partial charge in [-0.3, -0.25) is 9.69 Å². The summed E-state index contributed by atoms with van der Waals surface area (Å²) in [6.07, 6.45) is 3.52. The first-order chi connectivity index (χ1) is 15.3. The molecule has 1 aromatic carbocycles. The third-order valence-corrected chi connectivity index (χ3v) is 7.96. The van der Waals surface area contributed by atoms with E-state index in [2.05, 4.69) is 29.3 Å². The van der Waals surface area contributed by atoms with Crippen molar-refractivity contribution in [3.63, 3.8) is 0 Å². The Hall–Kier alpha value is -2.20. The minimum atomic E-state index is -3.55. The number of ether oxygens (including phenoxy) is 1. The van der Waals surface area contributed by atoms with Crippen molar-refractivity contribution in [2.75, 3.05) is 32.8 Å². The van der Waals surface area contributed by atoms with Crippen molar-refractivity contribution in [1.29, 1.82) is 0 Å². The van der Waals surface area contributed by atoms with Gasteiger partial charge in [-0.05, 0) is 37.0 Å². The van der Waals surface area contributed by atoms with E-state index in [0.717, 1.165) is 44.6 Å². The number of aromatic nitrogens is 1. The largest absolute Gasteiger partial charge is 0.376 e. The summed E-state index contributed by atoms with van der Waals surface area (Å²) in [4.78, 5) is 15.3. The van der Waals surface area contributed by atoms with E-state index in [1.165, 1.54) is 22.1 Å². The fourth-order valence-corrected chi connectivity index (χ4v) is 5.97. The van der Waals surface area contributed by atoms with E-state index in [1.807, 2.05) is 12.1 Å². The molecule has 1 amide bonds. The molecule has 0 aliphatic carbocycles. The second-order valence-corrected chi connectivity index (χ2v) is 10.6. The van der Waals surface area contributed by atoms with Gasteiger partial charge in [0.15, 0.2) is 0 Å². The van der Waals surface area contributed by atoms with E-state index in [4.69, 9.17) is 4.74 Å². The lowest BCUT2D eigenvalue weighted by atomic mass is 10.1. The zero-order valence-corrected chi connectivity index (χ0v) is 19.6. The van der Waals surface area contributed by atoms with Crippen molar-refractivity contribution in [2.24, 2.45) is 7.05 Å². The molecule has 2 aliphatic heterocycles. The zero-order valence-electron chi connectivity index (χ0n) is 18.8. The van der Waals surface area contributed by atoms with Crippen LogP contribution in [0.1, 0.15) is 41.4 Å². The quantitative estimate of drug-likeness (QED) is 0.683. The van der Waals surface area contributed by atoms with Crippen molar-refractivity contribution in [3.05, 3.63) is 53.3 Å². The number of carbonyl (C=O) groups excluding carboxylic acids is 1. The molecule has 4 rings (SSSR count). The number of rotatable bonds is 7. The molecular weight excluding hydrogens is 428 g/mol. The van der Waals surface area contributed by atoms with Gasteiger partial charge in [-0.2, -0.15) is 4.31 Å². The first-order valence-corrected chi connectivity index (χ1v) is 12.6. The van der Waals surface area contributed by atoms with Crippen LogP contribution in [0.25, 0.3) is 0 Å². The Balaban J connectivity index is 1.38. The van der Waals surface area contributed by atoms with E-state index in [-0.39, 0.29) is 16.9 Å². The summed E-state index contributed by atoms with van der Waals surface area (Å²) >= 11 is 0. The van der Waals surface area contributed by atoms with Crippen molar-refractivity contribution >= 4 is 15.9 Å². The Kier molecular flexibility index (Phi) is 6.99. The number of sulfonamides is 1. The highest BCUT2D eigenvalue weighted by Crippen LogP contribution is 2.22. The minimum Gasteiger partial charge on any atom is -0.376 e. The van der Waals surface area contributed by atoms with Gasteiger partial charge < -0.3 is 14.6 Å². The highest BCUT2D eigenvalue weighted by atomic mass is 32.2. The molecule has 0 radical (unpaired) electrons. The predicted octanol–water partition coefficient (Wildman–Crippen LogP) is 1.96. The molecule has 32 heavy (non-hydrogen) atoms. The second kappa shape index (κ2) is 9.74. The maximum atomic E-state index is 12.8. The molecule has 1 unspecified atom stereocenters. The van der Waals surface area contributed by atoms with Gasteiger partial charge in [-0.1, -0.05) is 24.3 Å². The van der Waals surface area contributed by atoms with E-state index in [9.17, 15) is 13.2 Å². The van der Waals surface area contributed by atoms with Crippen LogP contribution in [0.15, 0.2) is 41.4 Å². The van der Waals surface area contributed by atoms with E-state index >= 15 is 0 Å². The first kappa shape index (κ1) is 23.0. The number of aryl methyl sites for hydroxylation is 1. The van der Waals surface area contributed by atoms with Crippen LogP contribution in [0, 0.1) is 0 Å². The zero-order chi connectivity index (χ0) is 22.7. The normalized spacial score (nSPS) is 20.5. The number of nitrogens with zero attached hydrogens (tertiary/aromatic N) is 3. The molecule has 2 aromatic rings. The van der Waals surface area contributed by atoms with Crippen molar-refractivity contribution in [3.8, 4) is 0 Å². The molecule has 1 N–H and O–H groups in total. The lowest BCUT2D eigenvalue weighted by molar-refractivity contribution is -0.0212. The van der Waals surface area contributed by atoms with Gasteiger partial charge >= 0.3 is 0 Å². The standard InChI is InChI=1S/C23H32N4O4S/c1-18-15-26(10-11-31-18)16-20-7-5-6-19(12-20)14-24-23(28)22-13-21(17-25(22)2)32(29,30)27-8-3-4-9-27/h5-7,12-13,17-18H,3-4,8-11,14-16H2,1-2H3,(H,24,28). The molecule has 3 heterocycles. The smallest absolute Gasteiger partial charge is 0.268 e. The van der Waals surface area contributed by atoms with Gasteiger partial charge in [0.25, 0.3) is 5.91 Å². The molecule has 2 fully saturated rings. The van der Waals surface area contributed by atoms with Gasteiger partial charge in [-0.25, -0.2) is 8.42 Å². The molecule has 0 bridgehead atoms. The first-order valence-electron chi connectivity index (χ1n) is 11.2. The fraction of sp³-hybridized carbons (Fsp3) is 0.522. The number of hydrogen-bond donors (Lipinski definition) is 1. The molecule has 174 valence electrons. The monoisotopic (exact) mass is 460 g/mol. The Morgan fingerprint density at radius 3 is 2.66 bits per heavy atom. The highest BCUT2D eigenvalue weighted by Gasteiger charge is 2.29. The Labute approximate surface area is 190 Å². The van der Waals surface area contributed by atoms with Crippen LogP contribution < -0.4 is 5.32 Å². The van der Waals surface area contributed by atoms with Gasteiger partial charge in [0.1, 0.15) is 10.6 Å². The van der Waals surface area contributed by atoms with Crippen LogP contribution in [-0.2, 0) is 34.9 Å². The maximum absolute atomic E-state index is 12.8. The summed E-state index contributed by atoms with van der Waals surface area (Å²) < 4.78 is 34.3. The van der Waals surface area contributed by atoms with Crippen molar-refractivity contribution in [1.82, 2.24) is 19.1 Å². The van der Waals surface area contributed by atoms with Crippen molar-refractivity contribution in [2.45, 2.75) is 43.9 Å². The van der Waals surface area contributed by atoms with Gasteiger partial charge in [0.2, 0.25) is 10.0 Å². The van der Waals surface area contributed by atoms with E-state index in [1.54, 1.807) is 11.6 Å². The Morgan fingerprint density at radius 1 is 1.16 bits per heavy atom. The second-order valence-electron chi connectivity index (χ2n) is 8.70. The lowest BCUT2D eigenvalue weighted by Crippen LogP contribution is -2.40. The molecule has 8 nitrogen and oxygen atoms in total. The molecule has 1 atom stereocenters. The summed E-state index contributed by atoms with van der Waals surface area (Å²) in [6.45, 7) is 6.98. The summed E-state index contributed by atoms with van der Waals surface area (Å²) in [7, 11) is -1.85. The summed E-state index contributed by atoms with van der Waals surface area (Å²) in [5.74, 6) is -0.289. The molecular formula is C23H32N4O4S. The molecule has 2 saturated heterocycles. The number of carbonyl (C=O) groups is 1. The Bertz CT molecular complexity index is 1060. The maximum Gasteiger partial charge on any atom is 0.268 e. The number of amides is 1. The van der Waals surface area contributed by atoms with Gasteiger partial charge in [-0.15, -0.1) is 0 Å². The third-order valence-electron chi connectivity index (χ3n) is 6.09. The summed E-state index contributed by atoms with van der Waals surface area (Å²) in [5, 5.41) is 2.93. The number of nitrogens with one attached hydrogen (secondary N) is 1. The molecule has 2 aliphatic rings. The number of hydrogen-bond acceptors (Lipinski definition) is 5. The molecule has 1 aromatic heterocycles. The lowest BCUT2D eigenvalue weighted by Gasteiger charge is -2.31. The fourth-order valence-electron chi connectivity index (χ4n) is 4.38. The van der Waals surface area contributed by atoms with Crippen LogP contribution in [0.4, 0.5) is 0 Å². The number of morpholine rings is 1. The van der Waals surface area contributed by atoms with Crippen LogP contribution in [0.2, 0.25) is 0 Å². The number of benzene rings is 1. The molecule has 0 spiro atoms. The van der Waals surface area contributed by atoms with Crippen LogP contribution in [0.3, 0.4) is 0 Å². The highest BCUT2D eigenvalue weighted by molar-refractivity contribution is 7.89. The Morgan fingerprint density at radius 2 is 1.91 bits per heavy atom. The third kappa shape index (κ3) is 5.23. The topological polar surface area (TPSA) is 83.9 Å².